The molecule has 5 heteroatoms. The third kappa shape index (κ3) is 3.81. The van der Waals surface area contributed by atoms with Crippen LogP contribution in [-0.4, -0.2) is 12.5 Å². The maximum Gasteiger partial charge on any atom is 0.350 e. The molecule has 0 atom stereocenters. The summed E-state index contributed by atoms with van der Waals surface area (Å²) in [7, 11) is 0. The quantitative estimate of drug-likeness (QED) is 0.934. The van der Waals surface area contributed by atoms with E-state index in [1.165, 1.54) is 11.6 Å². The fourth-order valence-electron chi connectivity index (χ4n) is 1.70. The van der Waals surface area contributed by atoms with Crippen molar-refractivity contribution in [1.82, 2.24) is 5.32 Å². The van der Waals surface area contributed by atoms with Gasteiger partial charge in [0, 0.05) is 6.54 Å². The minimum atomic E-state index is -0.499. The van der Waals surface area contributed by atoms with Crippen LogP contribution in [0.1, 0.15) is 21.5 Å². The molecular weight excluding hydrogens is 322 g/mol. The Morgan fingerprint density at radius 2 is 2.00 bits per heavy atom. The molecule has 2 aromatic rings. The van der Waals surface area contributed by atoms with Crippen molar-refractivity contribution in [2.75, 3.05) is 6.54 Å². The van der Waals surface area contributed by atoms with Crippen LogP contribution < -0.4 is 10.9 Å². The second kappa shape index (κ2) is 6.52. The first-order valence-corrected chi connectivity index (χ1v) is 6.97. The van der Waals surface area contributed by atoms with Gasteiger partial charge in [-0.1, -0.05) is 29.8 Å². The van der Waals surface area contributed by atoms with Gasteiger partial charge in [-0.3, -0.25) is 4.79 Å². The molecule has 0 unspecified atom stereocenters. The van der Waals surface area contributed by atoms with Crippen LogP contribution in [0.25, 0.3) is 0 Å². The number of carbonyl (C=O) groups excluding carboxylic acids is 1. The second-order valence-corrected chi connectivity index (χ2v) is 5.32. The molecule has 0 bridgehead atoms. The zero-order valence-electron chi connectivity index (χ0n) is 11.0. The number of rotatable bonds is 4. The van der Waals surface area contributed by atoms with Crippen LogP contribution in [-0.2, 0) is 6.42 Å². The standard InChI is InChI=1S/C15H14BrNO3/c1-10-2-4-11(5-3-10)6-7-17-14(18)12-8-13(16)15(19)20-9-12/h2-5,8-9H,6-7H2,1H3,(H,17,18). The predicted molar refractivity (Wildman–Crippen MR) is 79.9 cm³/mol. The lowest BCUT2D eigenvalue weighted by molar-refractivity contribution is 0.0951. The molecule has 1 aromatic carbocycles. The first kappa shape index (κ1) is 14.5. The number of carbonyl (C=O) groups is 1. The van der Waals surface area contributed by atoms with E-state index in [2.05, 4.69) is 21.2 Å². The summed E-state index contributed by atoms with van der Waals surface area (Å²) in [5.74, 6) is -0.262. The molecule has 1 aromatic heterocycles. The molecule has 0 aliphatic carbocycles. The molecule has 0 radical (unpaired) electrons. The lowest BCUT2D eigenvalue weighted by Gasteiger charge is -2.05. The van der Waals surface area contributed by atoms with Gasteiger partial charge in [0.15, 0.2) is 0 Å². The van der Waals surface area contributed by atoms with Gasteiger partial charge in [-0.15, -0.1) is 0 Å². The zero-order valence-corrected chi connectivity index (χ0v) is 12.6. The van der Waals surface area contributed by atoms with Gasteiger partial charge >= 0.3 is 5.63 Å². The summed E-state index contributed by atoms with van der Waals surface area (Å²) >= 11 is 3.04. The van der Waals surface area contributed by atoms with E-state index in [0.717, 1.165) is 18.2 Å². The Hall–Kier alpha value is -1.88. The van der Waals surface area contributed by atoms with Crippen molar-refractivity contribution in [3.8, 4) is 0 Å². The summed E-state index contributed by atoms with van der Waals surface area (Å²) in [5.41, 5.74) is 2.19. The number of benzene rings is 1. The monoisotopic (exact) mass is 335 g/mol. The molecule has 104 valence electrons. The zero-order chi connectivity index (χ0) is 14.5. The fraction of sp³-hybridized carbons (Fsp3) is 0.200. The van der Waals surface area contributed by atoms with Crippen molar-refractivity contribution < 1.29 is 9.21 Å². The highest BCUT2D eigenvalue weighted by Gasteiger charge is 2.08. The van der Waals surface area contributed by atoms with Crippen molar-refractivity contribution in [1.29, 1.82) is 0 Å². The molecule has 0 saturated heterocycles. The van der Waals surface area contributed by atoms with Gasteiger partial charge in [0.25, 0.3) is 5.91 Å². The van der Waals surface area contributed by atoms with E-state index in [-0.39, 0.29) is 10.4 Å². The van der Waals surface area contributed by atoms with E-state index in [1.54, 1.807) is 0 Å². The van der Waals surface area contributed by atoms with Crippen molar-refractivity contribution in [2.45, 2.75) is 13.3 Å². The van der Waals surface area contributed by atoms with Crippen LogP contribution >= 0.6 is 15.9 Å². The minimum absolute atomic E-state index is 0.240. The SMILES string of the molecule is Cc1ccc(CCNC(=O)c2coc(=O)c(Br)c2)cc1. The molecule has 1 heterocycles. The Morgan fingerprint density at radius 3 is 2.65 bits per heavy atom. The summed E-state index contributed by atoms with van der Waals surface area (Å²) in [4.78, 5) is 22.9. The highest BCUT2D eigenvalue weighted by molar-refractivity contribution is 9.10. The summed E-state index contributed by atoms with van der Waals surface area (Å²) in [6, 6.07) is 9.62. The molecule has 0 aliphatic heterocycles. The smallest absolute Gasteiger partial charge is 0.350 e. The topological polar surface area (TPSA) is 59.3 Å². The Labute approximate surface area is 124 Å². The third-order valence-electron chi connectivity index (χ3n) is 2.85. The van der Waals surface area contributed by atoms with Crippen LogP contribution in [0.3, 0.4) is 0 Å². The fourth-order valence-corrected chi connectivity index (χ4v) is 2.04. The maximum atomic E-state index is 11.9. The van der Waals surface area contributed by atoms with Gasteiger partial charge in [0.1, 0.15) is 10.7 Å². The van der Waals surface area contributed by atoms with Crippen molar-refractivity contribution >= 4 is 21.8 Å². The van der Waals surface area contributed by atoms with Gasteiger partial charge in [0.05, 0.1) is 5.56 Å². The van der Waals surface area contributed by atoms with Gasteiger partial charge in [-0.25, -0.2) is 4.79 Å². The average molecular weight is 336 g/mol. The third-order valence-corrected chi connectivity index (χ3v) is 3.40. The van der Waals surface area contributed by atoms with E-state index in [1.807, 2.05) is 31.2 Å². The average Bonchev–Trinajstić information content (AvgIpc) is 2.44. The number of nitrogens with one attached hydrogen (secondary N) is 1. The first-order valence-electron chi connectivity index (χ1n) is 6.18. The normalized spacial score (nSPS) is 10.3. The Balaban J connectivity index is 1.90. The molecular formula is C15H14BrNO3. The molecule has 1 amide bonds. The molecule has 20 heavy (non-hydrogen) atoms. The number of hydrogen-bond donors (Lipinski definition) is 1. The summed E-state index contributed by atoms with van der Waals surface area (Å²) in [6.45, 7) is 2.56. The predicted octanol–water partition coefficient (Wildman–Crippen LogP) is 2.68. The largest absolute Gasteiger partial charge is 0.430 e. The number of halogens is 1. The molecule has 0 fully saturated rings. The van der Waals surface area contributed by atoms with Crippen LogP contribution in [0.4, 0.5) is 0 Å². The summed E-state index contributed by atoms with van der Waals surface area (Å²) in [6.07, 6.45) is 1.91. The number of amides is 1. The lowest BCUT2D eigenvalue weighted by atomic mass is 10.1. The lowest BCUT2D eigenvalue weighted by Crippen LogP contribution is -2.26. The van der Waals surface area contributed by atoms with E-state index >= 15 is 0 Å². The molecule has 1 N–H and O–H groups in total. The summed E-state index contributed by atoms with van der Waals surface area (Å²) < 4.78 is 4.96. The van der Waals surface area contributed by atoms with Gasteiger partial charge in [0.2, 0.25) is 0 Å². The van der Waals surface area contributed by atoms with E-state index < -0.39 is 5.63 Å². The molecule has 2 rings (SSSR count). The van der Waals surface area contributed by atoms with E-state index in [0.29, 0.717) is 12.1 Å². The maximum absolute atomic E-state index is 11.9. The molecule has 0 spiro atoms. The van der Waals surface area contributed by atoms with Crippen molar-refractivity contribution in [3.05, 3.63) is 68.2 Å². The van der Waals surface area contributed by atoms with E-state index in [9.17, 15) is 9.59 Å². The van der Waals surface area contributed by atoms with Gasteiger partial charge < -0.3 is 9.73 Å². The Bertz CT molecular complexity index is 662. The first-order chi connectivity index (χ1) is 9.56. The Kier molecular flexibility index (Phi) is 4.74. The molecule has 4 nitrogen and oxygen atoms in total. The van der Waals surface area contributed by atoms with Gasteiger partial charge in [-0.05, 0) is 40.9 Å². The van der Waals surface area contributed by atoms with Crippen LogP contribution in [0.15, 0.2) is 50.3 Å². The minimum Gasteiger partial charge on any atom is -0.430 e. The van der Waals surface area contributed by atoms with Crippen LogP contribution in [0.2, 0.25) is 0 Å². The highest BCUT2D eigenvalue weighted by atomic mass is 79.9. The van der Waals surface area contributed by atoms with Crippen LogP contribution in [0.5, 0.6) is 0 Å². The highest BCUT2D eigenvalue weighted by Crippen LogP contribution is 2.07. The van der Waals surface area contributed by atoms with Crippen LogP contribution in [0, 0.1) is 6.92 Å². The van der Waals surface area contributed by atoms with Crippen molar-refractivity contribution in [2.24, 2.45) is 0 Å². The van der Waals surface area contributed by atoms with E-state index in [4.69, 9.17) is 4.42 Å². The van der Waals surface area contributed by atoms with Gasteiger partial charge in [-0.2, -0.15) is 0 Å². The molecule has 0 saturated carbocycles. The van der Waals surface area contributed by atoms with Crippen molar-refractivity contribution in [3.63, 3.8) is 0 Å². The number of hydrogen-bond acceptors (Lipinski definition) is 3. The summed E-state index contributed by atoms with van der Waals surface area (Å²) in [5, 5.41) is 2.79. The Morgan fingerprint density at radius 1 is 1.30 bits per heavy atom. The second-order valence-electron chi connectivity index (χ2n) is 4.46. The number of aryl methyl sites for hydroxylation is 1. The molecule has 0 aliphatic rings.